The van der Waals surface area contributed by atoms with E-state index in [0.29, 0.717) is 15.0 Å². The maximum absolute atomic E-state index is 8.76. The topological polar surface area (TPSA) is 35.8 Å². The van der Waals surface area contributed by atoms with E-state index in [1.165, 1.54) is 0 Å². The van der Waals surface area contributed by atoms with Crippen molar-refractivity contribution in [3.63, 3.8) is 0 Å². The summed E-state index contributed by atoms with van der Waals surface area (Å²) in [6, 6.07) is 2.21. The Morgan fingerprint density at radius 3 is 3.33 bits per heavy atom. The monoisotopic (exact) mass is 226 g/mol. The molecule has 0 aromatic heterocycles. The number of allylic oxidation sites excluding steroid dienone is 3. The zero-order chi connectivity index (χ0) is 8.81. The van der Waals surface area contributed by atoms with Crippen LogP contribution in [0.1, 0.15) is 6.42 Å². The summed E-state index contributed by atoms with van der Waals surface area (Å²) in [7, 11) is 0. The van der Waals surface area contributed by atoms with E-state index in [2.05, 4.69) is 18.0 Å². The Balaban J connectivity index is 2.63. The standard InChI is InChI=1S/C9H10N2Se/c1-2-6-12-9-8(7-10)4-3-5-11-9/h2-3,5,11H,1,4,6H2. The fraction of sp³-hybridized carbons (Fsp3) is 0.222. The Hall–Kier alpha value is -0.971. The van der Waals surface area contributed by atoms with E-state index in [4.69, 9.17) is 5.26 Å². The van der Waals surface area contributed by atoms with Gasteiger partial charge >= 0.3 is 78.4 Å². The predicted octanol–water partition coefficient (Wildman–Crippen LogP) is 1.54. The number of hydrogen-bond acceptors (Lipinski definition) is 2. The van der Waals surface area contributed by atoms with Gasteiger partial charge in [0.05, 0.1) is 0 Å². The number of nitrogens with zero attached hydrogens (tertiary/aromatic N) is 1. The molecular formula is C9H10N2Se. The van der Waals surface area contributed by atoms with Crippen molar-refractivity contribution in [2.45, 2.75) is 11.7 Å². The number of rotatable bonds is 3. The molecule has 1 aliphatic rings. The summed E-state index contributed by atoms with van der Waals surface area (Å²) in [5.74, 6) is 0. The summed E-state index contributed by atoms with van der Waals surface area (Å²) in [5, 5.41) is 12.9. The van der Waals surface area contributed by atoms with Crippen molar-refractivity contribution in [2.75, 3.05) is 0 Å². The van der Waals surface area contributed by atoms with Crippen molar-refractivity contribution < 1.29 is 0 Å². The first-order valence-electron chi connectivity index (χ1n) is 3.67. The molecule has 0 amide bonds. The minimum absolute atomic E-state index is 0.345. The summed E-state index contributed by atoms with van der Waals surface area (Å²) >= 11 is 0.345. The Kier molecular flexibility index (Phi) is 3.66. The number of dihydropyridines is 1. The van der Waals surface area contributed by atoms with Gasteiger partial charge in [-0.25, -0.2) is 0 Å². The van der Waals surface area contributed by atoms with Crippen molar-refractivity contribution in [1.29, 1.82) is 5.26 Å². The van der Waals surface area contributed by atoms with Gasteiger partial charge in [0.15, 0.2) is 0 Å². The molecule has 0 saturated carbocycles. The average Bonchev–Trinajstić information content (AvgIpc) is 2.15. The molecule has 0 aromatic rings. The Morgan fingerprint density at radius 1 is 1.83 bits per heavy atom. The van der Waals surface area contributed by atoms with Gasteiger partial charge in [0.1, 0.15) is 0 Å². The van der Waals surface area contributed by atoms with Crippen LogP contribution in [-0.4, -0.2) is 15.0 Å². The average molecular weight is 225 g/mol. The van der Waals surface area contributed by atoms with E-state index in [1.54, 1.807) is 0 Å². The number of nitrogens with one attached hydrogen (secondary N) is 1. The third-order valence-electron chi connectivity index (χ3n) is 1.41. The third-order valence-corrected chi connectivity index (χ3v) is 3.62. The molecule has 1 N–H and O–H groups in total. The molecule has 1 heterocycles. The molecule has 0 aromatic carbocycles. The Bertz CT molecular complexity index is 271. The van der Waals surface area contributed by atoms with Gasteiger partial charge in [0.25, 0.3) is 0 Å². The second-order valence-electron chi connectivity index (χ2n) is 2.27. The summed E-state index contributed by atoms with van der Waals surface area (Å²) < 4.78 is 1.10. The molecule has 1 rings (SSSR count). The van der Waals surface area contributed by atoms with Crippen LogP contribution < -0.4 is 5.32 Å². The fourth-order valence-corrected chi connectivity index (χ4v) is 2.41. The Labute approximate surface area is 78.8 Å². The molecule has 0 spiro atoms. The van der Waals surface area contributed by atoms with E-state index < -0.39 is 0 Å². The van der Waals surface area contributed by atoms with E-state index >= 15 is 0 Å². The van der Waals surface area contributed by atoms with Crippen LogP contribution in [-0.2, 0) is 0 Å². The van der Waals surface area contributed by atoms with Crippen LogP contribution in [0.15, 0.2) is 35.1 Å². The van der Waals surface area contributed by atoms with Crippen LogP contribution >= 0.6 is 0 Å². The molecule has 0 aliphatic carbocycles. The van der Waals surface area contributed by atoms with Gasteiger partial charge in [-0.1, -0.05) is 0 Å². The summed E-state index contributed by atoms with van der Waals surface area (Å²) in [4.78, 5) is 0. The minimum atomic E-state index is 0.345. The normalized spacial score (nSPS) is 15.2. The molecule has 12 heavy (non-hydrogen) atoms. The van der Waals surface area contributed by atoms with Gasteiger partial charge in [-0.3, -0.25) is 0 Å². The van der Waals surface area contributed by atoms with Gasteiger partial charge in [0.2, 0.25) is 0 Å². The molecule has 0 saturated heterocycles. The van der Waals surface area contributed by atoms with Gasteiger partial charge in [-0.05, 0) is 0 Å². The van der Waals surface area contributed by atoms with Crippen LogP contribution in [0, 0.1) is 11.3 Å². The van der Waals surface area contributed by atoms with Crippen molar-refractivity contribution in [3.8, 4) is 6.07 Å². The maximum atomic E-state index is 8.76. The third kappa shape index (κ3) is 2.27. The van der Waals surface area contributed by atoms with Gasteiger partial charge in [-0.15, -0.1) is 0 Å². The second kappa shape index (κ2) is 4.82. The number of nitriles is 1. The molecular weight excluding hydrogens is 215 g/mol. The van der Waals surface area contributed by atoms with Crippen molar-refractivity contribution in [1.82, 2.24) is 5.32 Å². The van der Waals surface area contributed by atoms with Gasteiger partial charge in [-0.2, -0.15) is 0 Å². The van der Waals surface area contributed by atoms with E-state index in [1.807, 2.05) is 18.4 Å². The fourth-order valence-electron chi connectivity index (χ4n) is 0.859. The van der Waals surface area contributed by atoms with E-state index in [-0.39, 0.29) is 0 Å². The molecule has 0 fully saturated rings. The van der Waals surface area contributed by atoms with Crippen molar-refractivity contribution in [3.05, 3.63) is 35.1 Å². The molecule has 1 aliphatic heterocycles. The van der Waals surface area contributed by atoms with Crippen LogP contribution in [0.25, 0.3) is 0 Å². The first kappa shape index (κ1) is 9.12. The van der Waals surface area contributed by atoms with Crippen LogP contribution in [0.2, 0.25) is 5.32 Å². The van der Waals surface area contributed by atoms with Crippen LogP contribution in [0.4, 0.5) is 0 Å². The molecule has 2 nitrogen and oxygen atoms in total. The van der Waals surface area contributed by atoms with Crippen molar-refractivity contribution >= 4 is 15.0 Å². The second-order valence-corrected chi connectivity index (χ2v) is 4.43. The van der Waals surface area contributed by atoms with Crippen molar-refractivity contribution in [2.24, 2.45) is 0 Å². The Morgan fingerprint density at radius 2 is 2.67 bits per heavy atom. The molecule has 62 valence electrons. The van der Waals surface area contributed by atoms with Gasteiger partial charge in [0, 0.05) is 0 Å². The molecule has 3 heteroatoms. The molecule has 0 radical (unpaired) electrons. The predicted molar refractivity (Wildman–Crippen MR) is 50.3 cm³/mol. The van der Waals surface area contributed by atoms with Gasteiger partial charge < -0.3 is 0 Å². The zero-order valence-corrected chi connectivity index (χ0v) is 8.42. The molecule has 0 unspecified atom stereocenters. The van der Waals surface area contributed by atoms with Crippen LogP contribution in [0.5, 0.6) is 0 Å². The summed E-state index contributed by atoms with van der Waals surface area (Å²) in [6.07, 6.45) is 6.53. The summed E-state index contributed by atoms with van der Waals surface area (Å²) in [6.45, 7) is 3.66. The van der Waals surface area contributed by atoms with E-state index in [9.17, 15) is 0 Å². The van der Waals surface area contributed by atoms with Crippen LogP contribution in [0.3, 0.4) is 0 Å². The summed E-state index contributed by atoms with van der Waals surface area (Å²) in [5.41, 5.74) is 0.874. The first-order chi connectivity index (χ1) is 5.88. The molecule has 0 bridgehead atoms. The van der Waals surface area contributed by atoms with E-state index in [0.717, 1.165) is 21.9 Å². The zero-order valence-electron chi connectivity index (χ0n) is 6.71. The SMILES string of the molecule is C=CC[Se]C1=C(C#N)CC=CN1. The first-order valence-corrected chi connectivity index (χ1v) is 5.73. The number of hydrogen-bond donors (Lipinski definition) is 1. The quantitative estimate of drug-likeness (QED) is 0.584. The molecule has 0 atom stereocenters.